The van der Waals surface area contributed by atoms with Gasteiger partial charge >= 0.3 is 5.97 Å². The van der Waals surface area contributed by atoms with Gasteiger partial charge in [0.1, 0.15) is 5.56 Å². The maximum absolute atomic E-state index is 10.6. The molecular formula is C9H12ClNO4. The Labute approximate surface area is 93.3 Å². The normalized spacial score (nSPS) is 11.3. The van der Waals surface area contributed by atoms with Gasteiger partial charge in [0, 0.05) is 10.8 Å². The summed E-state index contributed by atoms with van der Waals surface area (Å²) >= 11 is 0. The van der Waals surface area contributed by atoms with E-state index in [2.05, 4.69) is 0 Å². The second kappa shape index (κ2) is 6.21. The van der Waals surface area contributed by atoms with Crippen molar-refractivity contribution in [3.8, 4) is 0 Å². The number of rotatable bonds is 4. The molecule has 0 amide bonds. The summed E-state index contributed by atoms with van der Waals surface area (Å²) in [4.78, 5) is 15.6. The van der Waals surface area contributed by atoms with Gasteiger partial charge in [-0.2, -0.15) is 0 Å². The number of nitrogens with zero attached hydrogens (tertiary/aromatic N) is 1. The number of halogens is 1. The maximum atomic E-state index is 10.6. The molecule has 0 aliphatic rings. The molecule has 0 fully saturated rings. The predicted octanol–water partition coefficient (Wildman–Crippen LogP) is -3.51. The summed E-state index contributed by atoms with van der Waals surface area (Å²) in [6.45, 7) is 1.70. The van der Waals surface area contributed by atoms with Crippen LogP contribution in [0.4, 0.5) is 0 Å². The zero-order valence-electron chi connectivity index (χ0n) is 8.13. The molecular weight excluding hydrogens is 222 g/mol. The molecule has 0 spiro atoms. The molecule has 1 aromatic heterocycles. The fourth-order valence-electron chi connectivity index (χ4n) is 0.855. The Hall–Kier alpha value is -1.33. The number of carbonyl (C=O) groups is 1. The van der Waals surface area contributed by atoms with Crippen LogP contribution in [0.1, 0.15) is 17.3 Å². The van der Waals surface area contributed by atoms with Gasteiger partial charge in [0.2, 0.25) is 12.4 Å². The van der Waals surface area contributed by atoms with Crippen molar-refractivity contribution < 1.29 is 37.0 Å². The molecule has 1 atom stereocenters. The van der Waals surface area contributed by atoms with Crippen molar-refractivity contribution in [2.75, 3.05) is 6.61 Å². The summed E-state index contributed by atoms with van der Waals surface area (Å²) in [6.07, 6.45) is 2.32. The van der Waals surface area contributed by atoms with Crippen LogP contribution in [-0.2, 0) is 0 Å². The van der Waals surface area contributed by atoms with Gasteiger partial charge in [-0.1, -0.05) is 0 Å². The molecule has 0 aliphatic heterocycles. The lowest BCUT2D eigenvalue weighted by Gasteiger charge is -2.00. The van der Waals surface area contributed by atoms with Crippen LogP contribution in [-0.4, -0.2) is 28.9 Å². The second-order valence-electron chi connectivity index (χ2n) is 2.90. The molecule has 84 valence electrons. The van der Waals surface area contributed by atoms with Crippen LogP contribution in [0, 0.1) is 0 Å². The zero-order chi connectivity index (χ0) is 10.6. The Kier molecular flexibility index (Phi) is 5.66. The zero-order valence-corrected chi connectivity index (χ0v) is 8.89. The molecule has 1 aromatic rings. The Bertz CT molecular complexity index is 330. The minimum absolute atomic E-state index is 0. The number of hydrogen-bond acceptors (Lipinski definition) is 3. The van der Waals surface area contributed by atoms with Gasteiger partial charge in [0.05, 0.1) is 6.10 Å². The number of aromatic carboxylic acids is 1. The molecule has 1 heterocycles. The van der Waals surface area contributed by atoms with Crippen LogP contribution in [0.5, 0.6) is 0 Å². The summed E-state index contributed by atoms with van der Waals surface area (Å²) in [5, 5.41) is 17.6. The van der Waals surface area contributed by atoms with E-state index in [0.29, 0.717) is 0 Å². The van der Waals surface area contributed by atoms with Crippen molar-refractivity contribution in [1.82, 2.24) is 0 Å². The van der Waals surface area contributed by atoms with E-state index < -0.39 is 12.1 Å². The fourth-order valence-corrected chi connectivity index (χ4v) is 0.855. The van der Waals surface area contributed by atoms with Gasteiger partial charge < -0.3 is 22.6 Å². The Morgan fingerprint density at radius 1 is 1.67 bits per heavy atom. The van der Waals surface area contributed by atoms with Gasteiger partial charge in [0.15, 0.2) is 6.61 Å². The van der Waals surface area contributed by atoms with E-state index in [9.17, 15) is 4.79 Å². The SMILES string of the molecule is CC(O)CO[n+]1cccc(C(=O)O)c1.[Cl-]. The first-order valence-corrected chi connectivity index (χ1v) is 4.15. The number of aliphatic hydroxyl groups is 1. The maximum Gasteiger partial charge on any atom is 0.341 e. The molecule has 0 aromatic carbocycles. The van der Waals surface area contributed by atoms with Crippen LogP contribution < -0.4 is 22.0 Å². The summed E-state index contributed by atoms with van der Waals surface area (Å²) < 4.78 is 1.26. The number of aliphatic hydroxyl groups excluding tert-OH is 1. The van der Waals surface area contributed by atoms with E-state index in [1.807, 2.05) is 0 Å². The first-order valence-electron chi connectivity index (χ1n) is 4.15. The molecule has 0 aliphatic carbocycles. The average Bonchev–Trinajstić information content (AvgIpc) is 2.15. The molecule has 5 nitrogen and oxygen atoms in total. The Balaban J connectivity index is 0.00000196. The molecule has 0 saturated heterocycles. The smallest absolute Gasteiger partial charge is 0.341 e. The summed E-state index contributed by atoms with van der Waals surface area (Å²) in [6, 6.07) is 3.02. The van der Waals surface area contributed by atoms with Crippen molar-refractivity contribution >= 4 is 5.97 Å². The number of carboxylic acid groups (broad SMARTS) is 1. The van der Waals surface area contributed by atoms with Gasteiger partial charge in [-0.3, -0.25) is 4.84 Å². The molecule has 15 heavy (non-hydrogen) atoms. The van der Waals surface area contributed by atoms with E-state index in [-0.39, 0.29) is 24.6 Å². The van der Waals surface area contributed by atoms with E-state index >= 15 is 0 Å². The summed E-state index contributed by atoms with van der Waals surface area (Å²) in [5.74, 6) is -1.01. The standard InChI is InChI=1S/C9H11NO4.ClH/c1-7(11)6-14-10-4-2-3-8(5-10)9(12)13;/h2-5,7,11H,6H2,1H3;1H. The third-order valence-electron chi connectivity index (χ3n) is 1.49. The highest BCUT2D eigenvalue weighted by Gasteiger charge is 2.10. The number of carboxylic acids is 1. The molecule has 0 radical (unpaired) electrons. The van der Waals surface area contributed by atoms with Gasteiger partial charge in [0.25, 0.3) is 0 Å². The molecule has 0 saturated carbocycles. The highest BCUT2D eigenvalue weighted by Crippen LogP contribution is 1.92. The molecule has 1 rings (SSSR count). The van der Waals surface area contributed by atoms with Crippen molar-refractivity contribution in [3.63, 3.8) is 0 Å². The lowest BCUT2D eigenvalue weighted by atomic mass is 10.3. The molecule has 1 unspecified atom stereocenters. The van der Waals surface area contributed by atoms with Crippen molar-refractivity contribution in [2.45, 2.75) is 13.0 Å². The van der Waals surface area contributed by atoms with Crippen LogP contribution >= 0.6 is 0 Å². The summed E-state index contributed by atoms with van der Waals surface area (Å²) in [7, 11) is 0. The fraction of sp³-hybridized carbons (Fsp3) is 0.333. The lowest BCUT2D eigenvalue weighted by molar-refractivity contribution is -0.892. The van der Waals surface area contributed by atoms with E-state index in [1.165, 1.54) is 17.0 Å². The third kappa shape index (κ3) is 4.62. The van der Waals surface area contributed by atoms with E-state index in [4.69, 9.17) is 15.1 Å². The van der Waals surface area contributed by atoms with Crippen LogP contribution in [0.15, 0.2) is 24.5 Å². The van der Waals surface area contributed by atoms with Crippen LogP contribution in [0.3, 0.4) is 0 Å². The van der Waals surface area contributed by atoms with Crippen molar-refractivity contribution in [2.24, 2.45) is 0 Å². The van der Waals surface area contributed by atoms with Crippen molar-refractivity contribution in [1.29, 1.82) is 0 Å². The second-order valence-corrected chi connectivity index (χ2v) is 2.90. The third-order valence-corrected chi connectivity index (χ3v) is 1.49. The monoisotopic (exact) mass is 233 g/mol. The number of aromatic nitrogens is 1. The van der Waals surface area contributed by atoms with Gasteiger partial charge in [-0.15, -0.1) is 0 Å². The summed E-state index contributed by atoms with van der Waals surface area (Å²) in [5.41, 5.74) is 0.137. The molecule has 0 bridgehead atoms. The van der Waals surface area contributed by atoms with Crippen molar-refractivity contribution in [3.05, 3.63) is 30.1 Å². The minimum atomic E-state index is -1.01. The predicted molar refractivity (Wildman–Crippen MR) is 46.7 cm³/mol. The first-order chi connectivity index (χ1) is 6.59. The highest BCUT2D eigenvalue weighted by molar-refractivity contribution is 5.86. The number of hydrogen-bond donors (Lipinski definition) is 2. The van der Waals surface area contributed by atoms with E-state index in [0.717, 1.165) is 0 Å². The lowest BCUT2D eigenvalue weighted by Crippen LogP contribution is -3.00. The Morgan fingerprint density at radius 3 is 2.87 bits per heavy atom. The molecule has 2 N–H and O–H groups in total. The van der Waals surface area contributed by atoms with Gasteiger partial charge in [-0.25, -0.2) is 4.79 Å². The largest absolute Gasteiger partial charge is 1.00 e. The average molecular weight is 234 g/mol. The van der Waals surface area contributed by atoms with Crippen LogP contribution in [0.2, 0.25) is 0 Å². The Morgan fingerprint density at radius 2 is 2.33 bits per heavy atom. The highest BCUT2D eigenvalue weighted by atomic mass is 35.5. The first kappa shape index (κ1) is 13.7. The minimum Gasteiger partial charge on any atom is -1.00 e. The van der Waals surface area contributed by atoms with E-state index in [1.54, 1.807) is 19.2 Å². The quantitative estimate of drug-likeness (QED) is 0.529. The number of pyridine rings is 1. The molecule has 6 heteroatoms. The van der Waals surface area contributed by atoms with Crippen LogP contribution in [0.25, 0.3) is 0 Å². The topological polar surface area (TPSA) is 70.6 Å². The van der Waals surface area contributed by atoms with Gasteiger partial charge in [-0.05, 0) is 13.0 Å².